The maximum atomic E-state index is 11.8. The Kier molecular flexibility index (Phi) is 5.53. The fraction of sp³-hybridized carbons (Fsp3) is 0.300. The molecule has 0 saturated heterocycles. The summed E-state index contributed by atoms with van der Waals surface area (Å²) in [6, 6.07) is 13.5. The van der Waals surface area contributed by atoms with E-state index >= 15 is 0 Å². The Balaban J connectivity index is 1.73. The maximum absolute atomic E-state index is 11.8. The summed E-state index contributed by atoms with van der Waals surface area (Å²) in [5.41, 5.74) is 0.211. The first-order valence-electron chi connectivity index (χ1n) is 8.58. The minimum atomic E-state index is -0.681. The first-order valence-corrected chi connectivity index (χ1v) is 8.58. The number of ether oxygens (including phenoxy) is 2. The van der Waals surface area contributed by atoms with E-state index in [0.717, 1.165) is 16.5 Å². The third kappa shape index (κ3) is 4.03. The summed E-state index contributed by atoms with van der Waals surface area (Å²) in [5, 5.41) is 12.3. The number of aliphatic hydroxyl groups is 1. The van der Waals surface area contributed by atoms with E-state index in [0.29, 0.717) is 0 Å². The molecule has 0 aliphatic carbocycles. The molecule has 0 radical (unpaired) electrons. The molecule has 136 valence electrons. The highest BCUT2D eigenvalue weighted by Crippen LogP contribution is 2.22. The van der Waals surface area contributed by atoms with Crippen molar-refractivity contribution >= 4 is 16.7 Å². The van der Waals surface area contributed by atoms with Crippen molar-refractivity contribution in [2.45, 2.75) is 26.0 Å². The van der Waals surface area contributed by atoms with Crippen LogP contribution in [0.1, 0.15) is 30.4 Å². The Morgan fingerprint density at radius 2 is 2.00 bits per heavy atom. The van der Waals surface area contributed by atoms with Crippen LogP contribution in [-0.4, -0.2) is 39.9 Å². The molecule has 0 amide bonds. The summed E-state index contributed by atoms with van der Waals surface area (Å²) in [6.45, 7) is 3.95. The average molecular weight is 354 g/mol. The van der Waals surface area contributed by atoms with Crippen molar-refractivity contribution in [3.8, 4) is 5.75 Å². The smallest absolute Gasteiger partial charge is 0.358 e. The maximum Gasteiger partial charge on any atom is 0.358 e. The van der Waals surface area contributed by atoms with E-state index < -0.39 is 12.1 Å². The summed E-state index contributed by atoms with van der Waals surface area (Å²) >= 11 is 0. The zero-order valence-electron chi connectivity index (χ0n) is 14.8. The number of aromatic nitrogens is 2. The molecule has 3 rings (SSSR count). The summed E-state index contributed by atoms with van der Waals surface area (Å²) < 4.78 is 12.5. The van der Waals surface area contributed by atoms with Crippen LogP contribution in [-0.2, 0) is 4.74 Å². The van der Waals surface area contributed by atoms with Gasteiger partial charge in [0.15, 0.2) is 5.69 Å². The quantitative estimate of drug-likeness (QED) is 0.660. The van der Waals surface area contributed by atoms with Gasteiger partial charge in [-0.1, -0.05) is 30.3 Å². The van der Waals surface area contributed by atoms with E-state index in [1.807, 2.05) is 42.5 Å². The lowest BCUT2D eigenvalue weighted by molar-refractivity contribution is 0.0518. The standard InChI is InChI=1S/C20H22N2O4/c1-3-25-20(24)18-11-22(13-21-18)19(14(2)23)12-26-17-9-8-15-6-4-5-7-16(15)10-17/h4-11,13-14,19,23H,3,12H2,1-2H3/t14-,19+/m0/s1. The van der Waals surface area contributed by atoms with Crippen LogP contribution in [0.2, 0.25) is 0 Å². The van der Waals surface area contributed by atoms with Gasteiger partial charge < -0.3 is 19.1 Å². The highest BCUT2D eigenvalue weighted by molar-refractivity contribution is 5.86. The molecule has 0 unspecified atom stereocenters. The Bertz CT molecular complexity index is 888. The van der Waals surface area contributed by atoms with Crippen LogP contribution in [0.3, 0.4) is 0 Å². The van der Waals surface area contributed by atoms with E-state index in [9.17, 15) is 9.90 Å². The predicted octanol–water partition coefficient (Wildman–Crippen LogP) is 3.21. The van der Waals surface area contributed by atoms with E-state index in [-0.39, 0.29) is 24.9 Å². The Morgan fingerprint density at radius 1 is 1.23 bits per heavy atom. The summed E-state index contributed by atoms with van der Waals surface area (Å²) in [7, 11) is 0. The Morgan fingerprint density at radius 3 is 2.73 bits per heavy atom. The molecular formula is C20H22N2O4. The van der Waals surface area contributed by atoms with Crippen LogP contribution in [0.5, 0.6) is 5.75 Å². The summed E-state index contributed by atoms with van der Waals surface area (Å²) in [4.78, 5) is 15.8. The minimum Gasteiger partial charge on any atom is -0.491 e. The van der Waals surface area contributed by atoms with Crippen LogP contribution in [0.25, 0.3) is 10.8 Å². The number of hydrogen-bond donors (Lipinski definition) is 1. The minimum absolute atomic E-state index is 0.211. The second kappa shape index (κ2) is 8.01. The fourth-order valence-electron chi connectivity index (χ4n) is 2.74. The van der Waals surface area contributed by atoms with Crippen LogP contribution in [0.4, 0.5) is 0 Å². The molecule has 2 aromatic carbocycles. The Hall–Kier alpha value is -2.86. The Labute approximate surface area is 152 Å². The van der Waals surface area contributed by atoms with Gasteiger partial charge in [0.2, 0.25) is 0 Å². The van der Waals surface area contributed by atoms with Crippen LogP contribution in [0, 0.1) is 0 Å². The van der Waals surface area contributed by atoms with Gasteiger partial charge in [-0.3, -0.25) is 0 Å². The molecule has 6 heteroatoms. The van der Waals surface area contributed by atoms with Gasteiger partial charge in [0.25, 0.3) is 0 Å². The number of esters is 1. The van der Waals surface area contributed by atoms with E-state index in [4.69, 9.17) is 9.47 Å². The highest BCUT2D eigenvalue weighted by atomic mass is 16.5. The third-order valence-corrected chi connectivity index (χ3v) is 4.17. The first-order chi connectivity index (χ1) is 12.6. The molecule has 26 heavy (non-hydrogen) atoms. The van der Waals surface area contributed by atoms with Gasteiger partial charge >= 0.3 is 5.97 Å². The topological polar surface area (TPSA) is 73.6 Å². The van der Waals surface area contributed by atoms with Gasteiger partial charge in [0, 0.05) is 6.20 Å². The highest BCUT2D eigenvalue weighted by Gasteiger charge is 2.20. The molecule has 0 bridgehead atoms. The number of carbonyl (C=O) groups excluding carboxylic acids is 1. The normalized spacial score (nSPS) is 13.3. The number of aliphatic hydroxyl groups excluding tert-OH is 1. The largest absolute Gasteiger partial charge is 0.491 e. The van der Waals surface area contributed by atoms with Gasteiger partial charge in [-0.05, 0) is 36.8 Å². The van der Waals surface area contributed by atoms with Gasteiger partial charge in [0.05, 0.1) is 25.1 Å². The fourth-order valence-corrected chi connectivity index (χ4v) is 2.74. The molecule has 1 heterocycles. The van der Waals surface area contributed by atoms with Crippen molar-refractivity contribution < 1.29 is 19.4 Å². The van der Waals surface area contributed by atoms with Crippen molar-refractivity contribution in [2.24, 2.45) is 0 Å². The predicted molar refractivity (Wildman–Crippen MR) is 98.3 cm³/mol. The van der Waals surface area contributed by atoms with Crippen molar-refractivity contribution in [1.29, 1.82) is 0 Å². The zero-order chi connectivity index (χ0) is 18.5. The number of fused-ring (bicyclic) bond motifs is 1. The second-order valence-corrected chi connectivity index (χ2v) is 6.05. The zero-order valence-corrected chi connectivity index (χ0v) is 14.8. The molecule has 0 aliphatic rings. The molecule has 2 atom stereocenters. The van der Waals surface area contributed by atoms with E-state index in [1.54, 1.807) is 24.6 Å². The third-order valence-electron chi connectivity index (χ3n) is 4.17. The summed E-state index contributed by atoms with van der Waals surface area (Å²) in [6.07, 6.45) is 2.40. The molecule has 1 aromatic heterocycles. The van der Waals surface area contributed by atoms with E-state index in [1.165, 1.54) is 6.33 Å². The first kappa shape index (κ1) is 17.9. The molecule has 0 saturated carbocycles. The lowest BCUT2D eigenvalue weighted by atomic mass is 10.1. The SMILES string of the molecule is CCOC(=O)c1cn([C@H](COc2ccc3ccccc3c2)[C@H](C)O)cn1. The number of carbonyl (C=O) groups is 1. The van der Waals surface area contributed by atoms with Crippen LogP contribution < -0.4 is 4.74 Å². The molecular weight excluding hydrogens is 332 g/mol. The van der Waals surface area contributed by atoms with Crippen molar-refractivity contribution in [3.05, 3.63) is 60.7 Å². The lowest BCUT2D eigenvalue weighted by Crippen LogP contribution is -2.26. The van der Waals surface area contributed by atoms with Crippen LogP contribution >= 0.6 is 0 Å². The molecule has 0 fully saturated rings. The summed E-state index contributed by atoms with van der Waals surface area (Å²) in [5.74, 6) is 0.242. The second-order valence-electron chi connectivity index (χ2n) is 6.05. The van der Waals surface area contributed by atoms with Gasteiger partial charge in [-0.2, -0.15) is 0 Å². The number of nitrogens with zero attached hydrogens (tertiary/aromatic N) is 2. The van der Waals surface area contributed by atoms with E-state index in [2.05, 4.69) is 4.98 Å². The monoisotopic (exact) mass is 354 g/mol. The van der Waals surface area contributed by atoms with Crippen molar-refractivity contribution in [1.82, 2.24) is 9.55 Å². The number of rotatable bonds is 7. The average Bonchev–Trinajstić information content (AvgIpc) is 3.11. The number of imidazole rings is 1. The van der Waals surface area contributed by atoms with Gasteiger partial charge in [0.1, 0.15) is 12.4 Å². The molecule has 0 spiro atoms. The van der Waals surface area contributed by atoms with Gasteiger partial charge in [-0.25, -0.2) is 9.78 Å². The molecule has 3 aromatic rings. The number of hydrogen-bond acceptors (Lipinski definition) is 5. The molecule has 0 aliphatic heterocycles. The molecule has 6 nitrogen and oxygen atoms in total. The number of benzene rings is 2. The van der Waals surface area contributed by atoms with Crippen molar-refractivity contribution in [3.63, 3.8) is 0 Å². The molecule has 1 N–H and O–H groups in total. The van der Waals surface area contributed by atoms with Gasteiger partial charge in [-0.15, -0.1) is 0 Å². The lowest BCUT2D eigenvalue weighted by Gasteiger charge is -2.21. The van der Waals surface area contributed by atoms with Crippen molar-refractivity contribution in [2.75, 3.05) is 13.2 Å². The van der Waals surface area contributed by atoms with Crippen LogP contribution in [0.15, 0.2) is 55.0 Å².